The number of ether oxygens (including phenoxy) is 1. The number of hydrogen-bond acceptors (Lipinski definition) is 4. The third kappa shape index (κ3) is 3.41. The molecule has 0 bridgehead atoms. The quantitative estimate of drug-likeness (QED) is 0.638. The average Bonchev–Trinajstić information content (AvgIpc) is 3.42. The van der Waals surface area contributed by atoms with Gasteiger partial charge in [0, 0.05) is 37.0 Å². The molecular weight excluding hydrogens is 405 g/mol. The van der Waals surface area contributed by atoms with Gasteiger partial charge in [-0.1, -0.05) is 12.1 Å². The van der Waals surface area contributed by atoms with Gasteiger partial charge in [-0.2, -0.15) is 0 Å². The molecule has 1 aromatic heterocycles. The van der Waals surface area contributed by atoms with E-state index in [4.69, 9.17) is 4.74 Å². The molecule has 2 aliphatic rings. The molecule has 1 saturated carbocycles. The van der Waals surface area contributed by atoms with Crippen LogP contribution in [0.1, 0.15) is 24.0 Å². The summed E-state index contributed by atoms with van der Waals surface area (Å²) in [6.45, 7) is 0. The van der Waals surface area contributed by atoms with Crippen LogP contribution < -0.4 is 10.3 Å². The number of nitrogens with zero attached hydrogens (tertiary/aromatic N) is 1. The molecule has 30 heavy (non-hydrogen) atoms. The topological polar surface area (TPSA) is 65.4 Å². The zero-order chi connectivity index (χ0) is 21.2. The van der Waals surface area contributed by atoms with Crippen LogP contribution in [0.2, 0.25) is 0 Å². The van der Waals surface area contributed by atoms with Gasteiger partial charge in [-0.3, -0.25) is 4.79 Å². The van der Waals surface area contributed by atoms with Gasteiger partial charge in [0.15, 0.2) is 9.84 Å². The second-order valence-electron chi connectivity index (χ2n) is 8.55. The fourth-order valence-corrected chi connectivity index (χ4v) is 5.20. The van der Waals surface area contributed by atoms with E-state index in [0.717, 1.165) is 41.7 Å². The van der Waals surface area contributed by atoms with E-state index < -0.39 is 15.7 Å². The van der Waals surface area contributed by atoms with Crippen LogP contribution in [0.5, 0.6) is 5.75 Å². The molecule has 2 heterocycles. The molecular formula is C23H22FNO4S. The molecule has 1 aliphatic carbocycles. The third-order valence-electron chi connectivity index (χ3n) is 5.93. The lowest BCUT2D eigenvalue weighted by atomic mass is 9.95. The largest absolute Gasteiger partial charge is 0.489 e. The Morgan fingerprint density at radius 2 is 1.90 bits per heavy atom. The maximum Gasteiger partial charge on any atom is 0.258 e. The highest BCUT2D eigenvalue weighted by atomic mass is 32.2. The van der Waals surface area contributed by atoms with Crippen LogP contribution in [0.15, 0.2) is 41.3 Å². The molecule has 1 aliphatic heterocycles. The van der Waals surface area contributed by atoms with Crippen LogP contribution in [0.25, 0.3) is 21.9 Å². The molecule has 5 nitrogen and oxygen atoms in total. The minimum Gasteiger partial charge on any atom is -0.489 e. The van der Waals surface area contributed by atoms with Crippen molar-refractivity contribution in [2.24, 2.45) is 13.0 Å². The van der Waals surface area contributed by atoms with E-state index in [2.05, 4.69) is 0 Å². The van der Waals surface area contributed by atoms with Gasteiger partial charge < -0.3 is 9.30 Å². The Hall–Kier alpha value is -2.67. The number of benzene rings is 2. The predicted molar refractivity (Wildman–Crippen MR) is 114 cm³/mol. The highest BCUT2D eigenvalue weighted by Crippen LogP contribution is 2.47. The Bertz CT molecular complexity index is 1360. The van der Waals surface area contributed by atoms with Crippen LogP contribution in [-0.2, 0) is 29.1 Å². The highest BCUT2D eigenvalue weighted by molar-refractivity contribution is 7.89. The number of halogens is 1. The molecule has 0 spiro atoms. The van der Waals surface area contributed by atoms with Crippen LogP contribution in [0, 0.1) is 11.7 Å². The number of sulfone groups is 1. The van der Waals surface area contributed by atoms with Gasteiger partial charge >= 0.3 is 0 Å². The van der Waals surface area contributed by atoms with Crippen LogP contribution in [-0.4, -0.2) is 25.3 Å². The molecule has 0 N–H and O–H groups in total. The second-order valence-corrected chi connectivity index (χ2v) is 10.7. The molecule has 0 saturated heterocycles. The second kappa shape index (κ2) is 6.67. The zero-order valence-corrected chi connectivity index (χ0v) is 17.6. The maximum atomic E-state index is 13.9. The summed E-state index contributed by atoms with van der Waals surface area (Å²) in [6, 6.07) is 7.93. The monoisotopic (exact) mass is 427 g/mol. The van der Waals surface area contributed by atoms with Crippen LogP contribution in [0.4, 0.5) is 4.39 Å². The van der Waals surface area contributed by atoms with Crippen molar-refractivity contribution in [1.29, 1.82) is 0 Å². The summed E-state index contributed by atoms with van der Waals surface area (Å²) in [5.41, 5.74) is 2.88. The Kier molecular flexibility index (Phi) is 4.29. The first kappa shape index (κ1) is 19.3. The van der Waals surface area contributed by atoms with Crippen molar-refractivity contribution in [3.05, 3.63) is 63.8 Å². The summed E-state index contributed by atoms with van der Waals surface area (Å²) < 4.78 is 45.5. The van der Waals surface area contributed by atoms with E-state index in [0.29, 0.717) is 16.9 Å². The molecule has 156 valence electrons. The molecule has 1 fully saturated rings. The normalized spacial score (nSPS) is 18.4. The van der Waals surface area contributed by atoms with Gasteiger partial charge in [-0.15, -0.1) is 0 Å². The van der Waals surface area contributed by atoms with Crippen molar-refractivity contribution >= 4 is 20.6 Å². The summed E-state index contributed by atoms with van der Waals surface area (Å²) in [7, 11) is -1.59. The molecule has 0 radical (unpaired) electrons. The van der Waals surface area contributed by atoms with E-state index in [1.807, 2.05) is 12.1 Å². The van der Waals surface area contributed by atoms with Crippen LogP contribution in [0.3, 0.4) is 0 Å². The number of hydrogen-bond donors (Lipinski definition) is 0. The van der Waals surface area contributed by atoms with Gasteiger partial charge in [0.05, 0.1) is 11.1 Å². The number of aryl methyl sites for hydroxylation is 1. The number of rotatable bonds is 4. The zero-order valence-electron chi connectivity index (χ0n) is 16.8. The summed E-state index contributed by atoms with van der Waals surface area (Å²) in [6.07, 6.45) is 6.08. The van der Waals surface area contributed by atoms with Crippen molar-refractivity contribution in [3.8, 4) is 16.9 Å². The summed E-state index contributed by atoms with van der Waals surface area (Å²) >= 11 is 0. The lowest BCUT2D eigenvalue weighted by Gasteiger charge is -2.16. The lowest BCUT2D eigenvalue weighted by molar-refractivity contribution is 0.208. The molecule has 0 amide bonds. The molecule has 3 aromatic rings. The van der Waals surface area contributed by atoms with E-state index in [1.54, 1.807) is 19.3 Å². The number of fused-ring (bicyclic) bond motifs is 2. The fraction of sp³-hybridized carbons (Fsp3) is 0.348. The first-order valence-electron chi connectivity index (χ1n) is 9.99. The van der Waals surface area contributed by atoms with Gasteiger partial charge in [0.1, 0.15) is 17.7 Å². The summed E-state index contributed by atoms with van der Waals surface area (Å²) in [5.74, 6) is 0.737. The molecule has 1 atom stereocenters. The Labute approximate surface area is 174 Å². The van der Waals surface area contributed by atoms with Crippen molar-refractivity contribution in [3.63, 3.8) is 0 Å². The third-order valence-corrected chi connectivity index (χ3v) is 6.79. The Morgan fingerprint density at radius 1 is 1.13 bits per heavy atom. The van der Waals surface area contributed by atoms with Gasteiger partial charge in [0.25, 0.3) is 5.56 Å². The Morgan fingerprint density at radius 3 is 2.60 bits per heavy atom. The standard InChI is InChI=1S/C23H22FNO4S/c1-25-11-20(17-6-5-16(24)10-19(17)23(25)26)18-8-13(12-30(2,27)28)7-15-9-21(14-3-4-14)29-22(15)18/h5-8,10-11,14,21H,3-4,9,12H2,1-2H3. The first-order chi connectivity index (χ1) is 14.2. The number of aromatic nitrogens is 1. The van der Waals surface area contributed by atoms with E-state index in [1.165, 1.54) is 23.0 Å². The first-order valence-corrected chi connectivity index (χ1v) is 12.0. The minimum atomic E-state index is -3.22. The smallest absolute Gasteiger partial charge is 0.258 e. The molecule has 5 rings (SSSR count). The average molecular weight is 427 g/mol. The molecule has 1 unspecified atom stereocenters. The van der Waals surface area contributed by atoms with Gasteiger partial charge in [0.2, 0.25) is 0 Å². The van der Waals surface area contributed by atoms with E-state index in [9.17, 15) is 17.6 Å². The maximum absolute atomic E-state index is 13.9. The van der Waals surface area contributed by atoms with E-state index >= 15 is 0 Å². The minimum absolute atomic E-state index is 0.0697. The molecule has 2 aromatic carbocycles. The lowest BCUT2D eigenvalue weighted by Crippen LogP contribution is -2.17. The Balaban J connectivity index is 1.77. The number of pyridine rings is 1. The highest BCUT2D eigenvalue weighted by Gasteiger charge is 2.38. The van der Waals surface area contributed by atoms with Crippen molar-refractivity contribution in [1.82, 2.24) is 4.57 Å². The SMILES string of the molecule is Cn1cc(-c2cc(CS(C)(=O)=O)cc3c2OC(C2CC2)C3)c2ccc(F)cc2c1=O. The van der Waals surface area contributed by atoms with Crippen LogP contribution >= 0.6 is 0 Å². The summed E-state index contributed by atoms with van der Waals surface area (Å²) in [4.78, 5) is 12.6. The van der Waals surface area contributed by atoms with Crippen molar-refractivity contribution < 1.29 is 17.5 Å². The van der Waals surface area contributed by atoms with Crippen molar-refractivity contribution in [2.45, 2.75) is 31.1 Å². The van der Waals surface area contributed by atoms with Crippen molar-refractivity contribution in [2.75, 3.05) is 6.26 Å². The summed E-state index contributed by atoms with van der Waals surface area (Å²) in [5, 5.41) is 0.908. The van der Waals surface area contributed by atoms with E-state index in [-0.39, 0.29) is 22.8 Å². The molecule has 7 heteroatoms. The van der Waals surface area contributed by atoms with Gasteiger partial charge in [-0.25, -0.2) is 12.8 Å². The predicted octanol–water partition coefficient (Wildman–Crippen LogP) is 3.60. The van der Waals surface area contributed by atoms with Gasteiger partial charge in [-0.05, 0) is 53.5 Å². The fourth-order valence-electron chi connectivity index (χ4n) is 4.43.